The summed E-state index contributed by atoms with van der Waals surface area (Å²) in [4.78, 5) is 26.9. The molecule has 0 unspecified atom stereocenters. The third-order valence-corrected chi connectivity index (χ3v) is 8.81. The highest BCUT2D eigenvalue weighted by atomic mass is 127. The summed E-state index contributed by atoms with van der Waals surface area (Å²) in [5, 5.41) is 4.29. The minimum atomic E-state index is -0.587. The molecule has 5 nitrogen and oxygen atoms in total. The molecule has 1 atom stereocenters. The van der Waals surface area contributed by atoms with E-state index in [1.165, 1.54) is 0 Å². The normalized spacial score (nSPS) is 16.3. The van der Waals surface area contributed by atoms with Crippen LogP contribution in [0.2, 0.25) is 10.0 Å². The molecule has 0 fully saturated rings. The lowest BCUT2D eigenvalue weighted by molar-refractivity contribution is -0.138. The number of ether oxygens (including phenoxy) is 2. The van der Waals surface area contributed by atoms with Crippen LogP contribution < -0.4 is 10.1 Å². The Kier molecular flexibility index (Phi) is 8.09. The number of esters is 1. The van der Waals surface area contributed by atoms with Crippen LogP contribution in [0.3, 0.4) is 0 Å². The molecule has 1 aliphatic heterocycles. The van der Waals surface area contributed by atoms with E-state index in [0.717, 1.165) is 29.5 Å². The summed E-state index contributed by atoms with van der Waals surface area (Å²) >= 11 is 16.7. The number of hydrogen-bond acceptors (Lipinski definition) is 5. The van der Waals surface area contributed by atoms with Crippen molar-refractivity contribution < 1.29 is 19.1 Å². The molecule has 3 aromatic rings. The second-order valence-electron chi connectivity index (χ2n) is 8.83. The number of carbonyl (C=O) groups is 2. The van der Waals surface area contributed by atoms with E-state index in [1.807, 2.05) is 49.4 Å². The zero-order valence-corrected chi connectivity index (χ0v) is 26.2. The zero-order valence-electron chi connectivity index (χ0n) is 20.3. The summed E-state index contributed by atoms with van der Waals surface area (Å²) in [6.45, 7) is 4.16. The number of ketones is 1. The number of halogens is 4. The monoisotopic (exact) mass is 771 g/mol. The second kappa shape index (κ2) is 11.2. The number of carbonyl (C=O) groups excluding carboxylic acids is 2. The molecule has 0 saturated heterocycles. The van der Waals surface area contributed by atoms with Crippen molar-refractivity contribution in [2.24, 2.45) is 0 Å². The molecule has 0 saturated carbocycles. The number of hydrogen-bond donors (Lipinski definition) is 1. The number of nitrogens with one attached hydrogen (secondary N) is 1. The number of Topliss-reactive ketones (excluding diaryl/α,β-unsaturated/α-hetero) is 1. The Labute approximate surface area is 257 Å². The van der Waals surface area contributed by atoms with Gasteiger partial charge in [0.1, 0.15) is 12.4 Å². The molecule has 38 heavy (non-hydrogen) atoms. The van der Waals surface area contributed by atoms with E-state index in [2.05, 4.69) is 50.5 Å². The van der Waals surface area contributed by atoms with Gasteiger partial charge in [0, 0.05) is 28.3 Å². The highest BCUT2D eigenvalue weighted by molar-refractivity contribution is 14.1. The zero-order chi connectivity index (χ0) is 27.1. The van der Waals surface area contributed by atoms with Crippen molar-refractivity contribution in [2.45, 2.75) is 26.4 Å². The Morgan fingerprint density at radius 1 is 1.00 bits per heavy atom. The van der Waals surface area contributed by atoms with Gasteiger partial charge in [0.05, 0.1) is 35.1 Å². The average Bonchev–Trinajstić information content (AvgIpc) is 3.16. The topological polar surface area (TPSA) is 64.6 Å². The van der Waals surface area contributed by atoms with Gasteiger partial charge in [-0.05, 0) is 94.4 Å². The molecular weight excluding hydrogens is 751 g/mol. The van der Waals surface area contributed by atoms with E-state index in [1.54, 1.807) is 19.1 Å². The molecule has 1 N–H and O–H groups in total. The third kappa shape index (κ3) is 4.98. The maximum absolute atomic E-state index is 13.7. The van der Waals surface area contributed by atoms with Crippen LogP contribution in [-0.2, 0) is 16.1 Å². The summed E-state index contributed by atoms with van der Waals surface area (Å²) in [7, 11) is 0. The molecule has 2 aliphatic rings. The van der Waals surface area contributed by atoms with Crippen LogP contribution in [-0.4, -0.2) is 18.4 Å². The lowest BCUT2D eigenvalue weighted by Crippen LogP contribution is -2.29. The maximum atomic E-state index is 13.7. The van der Waals surface area contributed by atoms with Gasteiger partial charge in [-0.2, -0.15) is 0 Å². The number of dihydropyridines is 1. The van der Waals surface area contributed by atoms with Gasteiger partial charge in [-0.15, -0.1) is 0 Å². The first kappa shape index (κ1) is 27.5. The molecule has 0 aromatic heterocycles. The number of allylic oxidation sites excluding steroid dienone is 2. The Morgan fingerprint density at radius 2 is 1.68 bits per heavy atom. The van der Waals surface area contributed by atoms with Gasteiger partial charge in [-0.1, -0.05) is 53.5 Å². The van der Waals surface area contributed by atoms with Gasteiger partial charge < -0.3 is 14.8 Å². The van der Waals surface area contributed by atoms with Gasteiger partial charge in [-0.3, -0.25) is 4.79 Å². The first-order valence-corrected chi connectivity index (χ1v) is 14.7. The van der Waals surface area contributed by atoms with E-state index >= 15 is 0 Å². The molecule has 5 rings (SSSR count). The predicted molar refractivity (Wildman–Crippen MR) is 166 cm³/mol. The van der Waals surface area contributed by atoms with E-state index in [0.29, 0.717) is 44.8 Å². The molecule has 9 heteroatoms. The predicted octanol–water partition coefficient (Wildman–Crippen LogP) is 7.91. The summed E-state index contributed by atoms with van der Waals surface area (Å²) in [6, 6.07) is 16.8. The molecule has 0 bridgehead atoms. The summed E-state index contributed by atoms with van der Waals surface area (Å²) < 4.78 is 13.3. The number of fused-ring (bicyclic) bond motifs is 2. The summed E-state index contributed by atoms with van der Waals surface area (Å²) in [5.74, 6) is -0.407. The van der Waals surface area contributed by atoms with Crippen molar-refractivity contribution in [3.8, 4) is 5.75 Å². The maximum Gasteiger partial charge on any atom is 0.336 e. The van der Waals surface area contributed by atoms with Crippen molar-refractivity contribution in [1.29, 1.82) is 0 Å². The lowest BCUT2D eigenvalue weighted by atomic mass is 9.80. The molecule has 1 heterocycles. The molecule has 0 spiro atoms. The smallest absolute Gasteiger partial charge is 0.336 e. The number of rotatable bonds is 6. The minimum absolute atomic E-state index is 0.0904. The van der Waals surface area contributed by atoms with Crippen LogP contribution in [0.25, 0.3) is 5.70 Å². The molecular formula is C29H21Cl2I2NO4. The Balaban J connectivity index is 1.56. The van der Waals surface area contributed by atoms with E-state index in [-0.39, 0.29) is 12.4 Å². The van der Waals surface area contributed by atoms with E-state index in [9.17, 15) is 9.59 Å². The van der Waals surface area contributed by atoms with Crippen molar-refractivity contribution >= 4 is 85.8 Å². The van der Waals surface area contributed by atoms with Crippen molar-refractivity contribution in [3.63, 3.8) is 0 Å². The average molecular weight is 772 g/mol. The van der Waals surface area contributed by atoms with Crippen molar-refractivity contribution in [1.82, 2.24) is 5.32 Å². The first-order valence-electron chi connectivity index (χ1n) is 11.8. The van der Waals surface area contributed by atoms with Crippen LogP contribution in [0.15, 0.2) is 71.4 Å². The fraction of sp³-hybridized carbons (Fsp3) is 0.172. The van der Waals surface area contributed by atoms with Crippen LogP contribution in [0.5, 0.6) is 5.75 Å². The summed E-state index contributed by atoms with van der Waals surface area (Å²) in [5.41, 5.74) is 5.56. The van der Waals surface area contributed by atoms with Crippen LogP contribution in [0.4, 0.5) is 0 Å². The second-order valence-corrected chi connectivity index (χ2v) is 12.0. The highest BCUT2D eigenvalue weighted by Crippen LogP contribution is 2.48. The van der Waals surface area contributed by atoms with Gasteiger partial charge in [0.15, 0.2) is 5.78 Å². The van der Waals surface area contributed by atoms with E-state index in [4.69, 9.17) is 32.7 Å². The molecule has 0 amide bonds. The van der Waals surface area contributed by atoms with Gasteiger partial charge in [-0.25, -0.2) is 4.79 Å². The fourth-order valence-corrected chi connectivity index (χ4v) is 7.26. The van der Waals surface area contributed by atoms with Gasteiger partial charge in [0.2, 0.25) is 0 Å². The molecule has 1 aliphatic carbocycles. The standard InChI is InChI=1S/C29H21Cl2I2NO4/c1-3-37-29(36)23-14(2)34-26-17-6-4-5-7-18(17)27(35)25(26)24(23)16-11-21(32)28(22(33)12-16)38-13-15-8-9-19(30)20(31)10-15/h4-12,24,34H,3,13H2,1-2H3/t24-/m1/s1. The Bertz CT molecular complexity index is 1540. The summed E-state index contributed by atoms with van der Waals surface area (Å²) in [6.07, 6.45) is 0. The molecule has 194 valence electrons. The Morgan fingerprint density at radius 3 is 2.34 bits per heavy atom. The van der Waals surface area contributed by atoms with Gasteiger partial charge in [0.25, 0.3) is 0 Å². The molecule has 3 aromatic carbocycles. The van der Waals surface area contributed by atoms with Crippen LogP contribution >= 0.6 is 68.4 Å². The SMILES string of the molecule is CCOC(=O)C1=C(C)NC2=C(C(=O)c3ccccc32)[C@@H]1c1cc(I)c(OCc2ccc(Cl)c(Cl)c2)c(I)c1. The molecule has 0 radical (unpaired) electrons. The lowest BCUT2D eigenvalue weighted by Gasteiger charge is -2.29. The van der Waals surface area contributed by atoms with Crippen molar-refractivity contribution in [3.05, 3.63) is 111 Å². The fourth-order valence-electron chi connectivity index (χ4n) is 4.81. The number of benzene rings is 3. The largest absolute Gasteiger partial charge is 0.487 e. The van der Waals surface area contributed by atoms with E-state index < -0.39 is 11.9 Å². The van der Waals surface area contributed by atoms with Crippen LogP contribution in [0, 0.1) is 7.14 Å². The Hall–Kier alpha value is -2.08. The minimum Gasteiger partial charge on any atom is -0.487 e. The third-order valence-electron chi connectivity index (χ3n) is 6.47. The van der Waals surface area contributed by atoms with Crippen molar-refractivity contribution in [2.75, 3.05) is 6.61 Å². The first-order chi connectivity index (χ1) is 18.2. The van der Waals surface area contributed by atoms with Gasteiger partial charge >= 0.3 is 5.97 Å². The van der Waals surface area contributed by atoms with Crippen LogP contribution in [0.1, 0.15) is 46.8 Å². The highest BCUT2D eigenvalue weighted by Gasteiger charge is 2.43. The quantitative estimate of drug-likeness (QED) is 0.204.